The molecule has 1 amide bonds. The van der Waals surface area contributed by atoms with Crippen molar-refractivity contribution in [1.82, 2.24) is 15.1 Å². The summed E-state index contributed by atoms with van der Waals surface area (Å²) in [5.74, 6) is -2.32. The molecule has 1 aliphatic carbocycles. The van der Waals surface area contributed by atoms with Gasteiger partial charge in [0.05, 0.1) is 17.8 Å². The van der Waals surface area contributed by atoms with Crippen molar-refractivity contribution in [3.8, 4) is 0 Å². The maximum Gasteiger partial charge on any atom is 0.267 e. The molecule has 1 heterocycles. The predicted octanol–water partition coefficient (Wildman–Crippen LogP) is 2.61. The molecular formula is C19H21F2N3O2. The molecule has 0 radical (unpaired) electrons. The van der Waals surface area contributed by atoms with Crippen LogP contribution >= 0.6 is 0 Å². The normalized spacial score (nSPS) is 15.0. The molecule has 0 bridgehead atoms. The summed E-state index contributed by atoms with van der Waals surface area (Å²) < 4.78 is 28.0. The topological polar surface area (TPSA) is 64.0 Å². The van der Waals surface area contributed by atoms with E-state index in [1.165, 1.54) is 4.68 Å². The zero-order valence-electron chi connectivity index (χ0n) is 14.6. The molecular weight excluding hydrogens is 340 g/mol. The fourth-order valence-corrected chi connectivity index (χ4v) is 3.19. The highest BCUT2D eigenvalue weighted by Gasteiger charge is 2.17. The molecule has 0 unspecified atom stereocenters. The van der Waals surface area contributed by atoms with Crippen molar-refractivity contribution in [3.05, 3.63) is 63.1 Å². The molecule has 138 valence electrons. The van der Waals surface area contributed by atoms with Crippen molar-refractivity contribution in [2.24, 2.45) is 0 Å². The maximum atomic E-state index is 13.7. The van der Waals surface area contributed by atoms with E-state index in [1.54, 1.807) is 13.0 Å². The third kappa shape index (κ3) is 4.15. The monoisotopic (exact) mass is 361 g/mol. The average molecular weight is 361 g/mol. The number of rotatable bonds is 4. The lowest BCUT2D eigenvalue weighted by atomic mass is 10.1. The lowest BCUT2D eigenvalue weighted by molar-refractivity contribution is 0.0931. The number of nitrogens with one attached hydrogen (secondary N) is 1. The number of amides is 1. The molecule has 1 aromatic carbocycles. The van der Waals surface area contributed by atoms with Gasteiger partial charge in [-0.1, -0.05) is 6.42 Å². The van der Waals surface area contributed by atoms with Gasteiger partial charge in [-0.3, -0.25) is 9.59 Å². The Morgan fingerprint density at radius 3 is 2.77 bits per heavy atom. The van der Waals surface area contributed by atoms with Gasteiger partial charge in [0.25, 0.3) is 11.5 Å². The van der Waals surface area contributed by atoms with Crippen LogP contribution in [0.2, 0.25) is 0 Å². The number of benzene rings is 1. The van der Waals surface area contributed by atoms with E-state index in [0.29, 0.717) is 6.07 Å². The first kappa shape index (κ1) is 18.2. The van der Waals surface area contributed by atoms with Crippen molar-refractivity contribution >= 4 is 5.91 Å². The number of fused-ring (bicyclic) bond motifs is 1. The molecule has 1 aromatic heterocycles. The quantitative estimate of drug-likeness (QED) is 0.852. The molecule has 0 saturated heterocycles. The summed E-state index contributed by atoms with van der Waals surface area (Å²) >= 11 is 0. The summed E-state index contributed by atoms with van der Waals surface area (Å²) in [4.78, 5) is 24.4. The summed E-state index contributed by atoms with van der Waals surface area (Å²) in [7, 11) is 0. The zero-order valence-corrected chi connectivity index (χ0v) is 14.6. The summed E-state index contributed by atoms with van der Waals surface area (Å²) in [6, 6.07) is 3.97. The van der Waals surface area contributed by atoms with E-state index in [2.05, 4.69) is 10.4 Å². The van der Waals surface area contributed by atoms with Crippen molar-refractivity contribution in [2.45, 2.75) is 51.6 Å². The molecule has 3 rings (SSSR count). The Balaban J connectivity index is 1.71. The van der Waals surface area contributed by atoms with Gasteiger partial charge in [-0.05, 0) is 50.3 Å². The molecule has 7 heteroatoms. The van der Waals surface area contributed by atoms with Gasteiger partial charge in [-0.15, -0.1) is 0 Å². The Hall–Kier alpha value is -2.57. The molecule has 26 heavy (non-hydrogen) atoms. The van der Waals surface area contributed by atoms with Crippen LogP contribution in [0.4, 0.5) is 8.78 Å². The zero-order chi connectivity index (χ0) is 18.7. The van der Waals surface area contributed by atoms with E-state index < -0.39 is 23.6 Å². The molecule has 1 N–H and O–H groups in total. The minimum absolute atomic E-state index is 0.181. The van der Waals surface area contributed by atoms with Gasteiger partial charge in [0.1, 0.15) is 11.6 Å². The fourth-order valence-electron chi connectivity index (χ4n) is 3.19. The molecule has 5 nitrogen and oxygen atoms in total. The van der Waals surface area contributed by atoms with Crippen molar-refractivity contribution in [2.75, 3.05) is 0 Å². The van der Waals surface area contributed by atoms with Crippen LogP contribution in [0, 0.1) is 11.6 Å². The Kier molecular flexibility index (Phi) is 5.44. The molecule has 1 aliphatic rings. The molecule has 0 fully saturated rings. The Morgan fingerprint density at radius 1 is 1.23 bits per heavy atom. The highest BCUT2D eigenvalue weighted by molar-refractivity contribution is 5.94. The number of hydrogen-bond donors (Lipinski definition) is 1. The van der Waals surface area contributed by atoms with Crippen molar-refractivity contribution in [3.63, 3.8) is 0 Å². The van der Waals surface area contributed by atoms with Gasteiger partial charge >= 0.3 is 0 Å². The summed E-state index contributed by atoms with van der Waals surface area (Å²) in [5.41, 5.74) is 1.50. The molecule has 2 aromatic rings. The van der Waals surface area contributed by atoms with Crippen LogP contribution in [0.25, 0.3) is 0 Å². The van der Waals surface area contributed by atoms with Gasteiger partial charge in [-0.2, -0.15) is 5.10 Å². The molecule has 0 saturated carbocycles. The smallest absolute Gasteiger partial charge is 0.267 e. The minimum atomic E-state index is -0.921. The van der Waals surface area contributed by atoms with Crippen LogP contribution in [0.5, 0.6) is 0 Å². The number of aromatic nitrogens is 2. The first-order chi connectivity index (χ1) is 12.4. The predicted molar refractivity (Wildman–Crippen MR) is 93.0 cm³/mol. The standard InChI is InChI=1S/C19H21F2N3O2/c1-12(22-19(26)15-8-7-14(20)10-16(15)21)11-24-18(25)9-13-5-3-2-4-6-17(13)23-24/h7-10,12H,2-6,11H2,1H3,(H,22,26)/t12-/m0/s1. The van der Waals surface area contributed by atoms with Crippen LogP contribution in [0.1, 0.15) is 47.8 Å². The van der Waals surface area contributed by atoms with Crippen LogP contribution in [0.15, 0.2) is 29.1 Å². The van der Waals surface area contributed by atoms with E-state index in [4.69, 9.17) is 0 Å². The Morgan fingerprint density at radius 2 is 2.00 bits per heavy atom. The van der Waals surface area contributed by atoms with E-state index in [-0.39, 0.29) is 17.7 Å². The molecule has 0 aliphatic heterocycles. The SMILES string of the molecule is C[C@@H](Cn1nc2c(cc1=O)CCCCC2)NC(=O)c1ccc(F)cc1F. The summed E-state index contributed by atoms with van der Waals surface area (Å²) in [6.45, 7) is 1.89. The average Bonchev–Trinajstić information content (AvgIpc) is 2.79. The largest absolute Gasteiger partial charge is 0.348 e. The van der Waals surface area contributed by atoms with Gasteiger partial charge in [0.15, 0.2) is 0 Å². The van der Waals surface area contributed by atoms with E-state index in [0.717, 1.165) is 55.5 Å². The summed E-state index contributed by atoms with van der Waals surface area (Å²) in [6.07, 6.45) is 4.95. The number of aryl methyl sites for hydroxylation is 2. The first-order valence-corrected chi connectivity index (χ1v) is 8.80. The van der Waals surface area contributed by atoms with Crippen molar-refractivity contribution in [1.29, 1.82) is 0 Å². The van der Waals surface area contributed by atoms with E-state index >= 15 is 0 Å². The van der Waals surface area contributed by atoms with E-state index in [1.807, 2.05) is 0 Å². The van der Waals surface area contributed by atoms with Crippen LogP contribution in [-0.4, -0.2) is 21.7 Å². The highest BCUT2D eigenvalue weighted by Crippen LogP contribution is 2.17. The molecule has 0 spiro atoms. The first-order valence-electron chi connectivity index (χ1n) is 8.80. The number of hydrogen-bond acceptors (Lipinski definition) is 3. The van der Waals surface area contributed by atoms with Crippen LogP contribution in [-0.2, 0) is 19.4 Å². The third-order valence-corrected chi connectivity index (χ3v) is 4.52. The minimum Gasteiger partial charge on any atom is -0.348 e. The lowest BCUT2D eigenvalue weighted by Gasteiger charge is -2.16. The second kappa shape index (κ2) is 7.76. The van der Waals surface area contributed by atoms with Gasteiger partial charge in [-0.25, -0.2) is 13.5 Å². The second-order valence-corrected chi connectivity index (χ2v) is 6.70. The van der Waals surface area contributed by atoms with Crippen LogP contribution in [0.3, 0.4) is 0 Å². The van der Waals surface area contributed by atoms with Gasteiger partial charge in [0, 0.05) is 18.2 Å². The number of nitrogens with zero attached hydrogens (tertiary/aromatic N) is 2. The van der Waals surface area contributed by atoms with Gasteiger partial charge in [0.2, 0.25) is 0 Å². The van der Waals surface area contributed by atoms with E-state index in [9.17, 15) is 18.4 Å². The third-order valence-electron chi connectivity index (χ3n) is 4.52. The molecule has 1 atom stereocenters. The Labute approximate surface area is 150 Å². The number of carbonyl (C=O) groups excluding carboxylic acids is 1. The highest BCUT2D eigenvalue weighted by atomic mass is 19.1. The lowest BCUT2D eigenvalue weighted by Crippen LogP contribution is -2.39. The summed E-state index contributed by atoms with van der Waals surface area (Å²) in [5, 5.41) is 7.07. The fraction of sp³-hybridized carbons (Fsp3) is 0.421. The maximum absolute atomic E-state index is 13.7. The number of halogens is 2. The second-order valence-electron chi connectivity index (χ2n) is 6.70. The van der Waals surface area contributed by atoms with Crippen LogP contribution < -0.4 is 10.9 Å². The number of carbonyl (C=O) groups is 1. The Bertz CT molecular complexity index is 880. The van der Waals surface area contributed by atoms with Gasteiger partial charge < -0.3 is 5.32 Å². The van der Waals surface area contributed by atoms with Crippen molar-refractivity contribution < 1.29 is 13.6 Å².